The van der Waals surface area contributed by atoms with E-state index >= 15 is 0 Å². The zero-order valence-electron chi connectivity index (χ0n) is 7.97. The van der Waals surface area contributed by atoms with Gasteiger partial charge >= 0.3 is 12.1 Å². The van der Waals surface area contributed by atoms with Crippen molar-refractivity contribution in [2.75, 3.05) is 0 Å². The predicted molar refractivity (Wildman–Crippen MR) is 51.5 cm³/mol. The van der Waals surface area contributed by atoms with Gasteiger partial charge in [0.2, 0.25) is 0 Å². The number of urea groups is 2. The van der Waals surface area contributed by atoms with Crippen molar-refractivity contribution in [3.63, 3.8) is 0 Å². The molecular formula is C6H17N3O2Si. The normalized spacial score (nSPS) is 9.33. The third-order valence-electron chi connectivity index (χ3n) is 0.246. The molecule has 0 rings (SSSR count). The van der Waals surface area contributed by atoms with Gasteiger partial charge in [0.1, 0.15) is 0 Å². The monoisotopic (exact) mass is 191 g/mol. The van der Waals surface area contributed by atoms with Gasteiger partial charge in [-0.15, -0.1) is 0 Å². The molecule has 5 N–H and O–H groups in total. The molecule has 12 heavy (non-hydrogen) atoms. The van der Waals surface area contributed by atoms with Gasteiger partial charge in [0.15, 0.2) is 0 Å². The van der Waals surface area contributed by atoms with E-state index in [0.717, 1.165) is 0 Å². The summed E-state index contributed by atoms with van der Waals surface area (Å²) >= 11 is 0. The molecule has 0 radical (unpaired) electrons. The van der Waals surface area contributed by atoms with Crippen LogP contribution in [0.4, 0.5) is 9.59 Å². The Bertz CT molecular complexity index is 147. The van der Waals surface area contributed by atoms with Crippen LogP contribution in [0, 0.1) is 0 Å². The SMILES string of the molecule is C[Si](C)(C)C.NC(=O)NC(N)=O. The molecule has 0 saturated carbocycles. The first-order valence-electron chi connectivity index (χ1n) is 3.49. The van der Waals surface area contributed by atoms with Crippen molar-refractivity contribution >= 4 is 20.1 Å². The smallest absolute Gasteiger partial charge is 0.320 e. The van der Waals surface area contributed by atoms with E-state index in [1.165, 1.54) is 0 Å². The molecule has 0 bridgehead atoms. The molecular weight excluding hydrogens is 174 g/mol. The fourth-order valence-corrected chi connectivity index (χ4v) is 0.121. The van der Waals surface area contributed by atoms with E-state index in [1.54, 1.807) is 5.32 Å². The number of amides is 4. The molecule has 6 heteroatoms. The fraction of sp³-hybridized carbons (Fsp3) is 0.667. The highest BCUT2D eigenvalue weighted by atomic mass is 28.3. The number of hydrogen-bond acceptors (Lipinski definition) is 2. The third kappa shape index (κ3) is 64.9. The summed E-state index contributed by atoms with van der Waals surface area (Å²) in [6.07, 6.45) is 0. The van der Waals surface area contributed by atoms with Crippen LogP contribution in [0.2, 0.25) is 26.2 Å². The van der Waals surface area contributed by atoms with Crippen molar-refractivity contribution in [2.24, 2.45) is 11.5 Å². The number of imide groups is 1. The number of hydrogen-bond donors (Lipinski definition) is 3. The summed E-state index contributed by atoms with van der Waals surface area (Å²) in [5.74, 6) is 0. The molecule has 72 valence electrons. The van der Waals surface area contributed by atoms with E-state index in [2.05, 4.69) is 37.7 Å². The largest absolute Gasteiger partial charge is 0.351 e. The van der Waals surface area contributed by atoms with Crippen LogP contribution in [0.3, 0.4) is 0 Å². The Hall–Kier alpha value is -1.04. The summed E-state index contributed by atoms with van der Waals surface area (Å²) in [7, 11) is -0.611. The van der Waals surface area contributed by atoms with E-state index in [9.17, 15) is 9.59 Å². The van der Waals surface area contributed by atoms with Crippen LogP contribution in [0.25, 0.3) is 0 Å². The lowest BCUT2D eigenvalue weighted by atomic mass is 10.9. The van der Waals surface area contributed by atoms with E-state index in [1.807, 2.05) is 0 Å². The quantitative estimate of drug-likeness (QED) is 0.491. The maximum atomic E-state index is 9.62. The van der Waals surface area contributed by atoms with Crippen molar-refractivity contribution in [1.82, 2.24) is 5.32 Å². The zero-order chi connectivity index (χ0) is 10.4. The van der Waals surface area contributed by atoms with Gasteiger partial charge in [0.25, 0.3) is 0 Å². The number of primary amides is 2. The number of carbonyl (C=O) groups is 2. The molecule has 0 aromatic heterocycles. The van der Waals surface area contributed by atoms with Crippen LogP contribution in [-0.4, -0.2) is 20.1 Å². The molecule has 0 fully saturated rings. The van der Waals surface area contributed by atoms with Crippen molar-refractivity contribution in [3.05, 3.63) is 0 Å². The second kappa shape index (κ2) is 5.59. The summed E-state index contributed by atoms with van der Waals surface area (Å²) in [4.78, 5) is 19.2. The van der Waals surface area contributed by atoms with Crippen molar-refractivity contribution in [3.8, 4) is 0 Å². The van der Waals surface area contributed by atoms with Gasteiger partial charge in [-0.1, -0.05) is 26.2 Å². The zero-order valence-corrected chi connectivity index (χ0v) is 8.97. The summed E-state index contributed by atoms with van der Waals surface area (Å²) < 4.78 is 0. The first-order chi connectivity index (χ1) is 5.13. The van der Waals surface area contributed by atoms with Gasteiger partial charge in [0.05, 0.1) is 0 Å². The maximum absolute atomic E-state index is 9.62. The molecule has 0 aliphatic rings. The Labute approximate surface area is 73.5 Å². The van der Waals surface area contributed by atoms with Crippen LogP contribution in [0.15, 0.2) is 0 Å². The Morgan fingerprint density at radius 3 is 1.17 bits per heavy atom. The van der Waals surface area contributed by atoms with Crippen molar-refractivity contribution < 1.29 is 9.59 Å². The molecule has 0 saturated heterocycles. The standard InChI is InChI=1S/C4H12Si.C2H5N3O2/c1-5(2,3)4;3-1(6)5-2(4)7/h1-4H3;(H5,3,4,5,6,7). The molecule has 0 spiro atoms. The summed E-state index contributed by atoms with van der Waals surface area (Å²) in [6, 6.07) is -1.88. The first-order valence-corrected chi connectivity index (χ1v) is 7.49. The van der Waals surface area contributed by atoms with Gasteiger partial charge in [0, 0.05) is 8.07 Å². The summed E-state index contributed by atoms with van der Waals surface area (Å²) in [5.41, 5.74) is 8.88. The van der Waals surface area contributed by atoms with E-state index in [-0.39, 0.29) is 0 Å². The van der Waals surface area contributed by atoms with E-state index in [4.69, 9.17) is 0 Å². The molecule has 0 aromatic carbocycles. The van der Waals surface area contributed by atoms with Crippen molar-refractivity contribution in [2.45, 2.75) is 26.2 Å². The molecule has 0 atom stereocenters. The minimum atomic E-state index is -0.938. The molecule has 0 aromatic rings. The highest BCUT2D eigenvalue weighted by molar-refractivity contribution is 6.74. The van der Waals surface area contributed by atoms with Gasteiger partial charge in [-0.3, -0.25) is 5.32 Å². The topological polar surface area (TPSA) is 98.2 Å². The second-order valence-electron chi connectivity index (χ2n) is 3.85. The van der Waals surface area contributed by atoms with Crippen LogP contribution < -0.4 is 16.8 Å². The number of nitrogens with two attached hydrogens (primary N) is 2. The predicted octanol–water partition coefficient (Wildman–Crippen LogP) is 0.688. The number of rotatable bonds is 0. The van der Waals surface area contributed by atoms with Gasteiger partial charge in [-0.2, -0.15) is 0 Å². The average molecular weight is 191 g/mol. The van der Waals surface area contributed by atoms with Crippen LogP contribution in [0.1, 0.15) is 0 Å². The van der Waals surface area contributed by atoms with E-state index in [0.29, 0.717) is 0 Å². The van der Waals surface area contributed by atoms with Crippen LogP contribution in [-0.2, 0) is 0 Å². The lowest BCUT2D eigenvalue weighted by molar-refractivity contribution is 0.236. The van der Waals surface area contributed by atoms with Crippen molar-refractivity contribution in [1.29, 1.82) is 0 Å². The highest BCUT2D eigenvalue weighted by Crippen LogP contribution is 1.94. The lowest BCUT2D eigenvalue weighted by Gasteiger charge is -2.01. The minimum absolute atomic E-state index is 0.611. The average Bonchev–Trinajstić information content (AvgIpc) is 1.52. The minimum Gasteiger partial charge on any atom is -0.351 e. The molecule has 4 amide bonds. The first kappa shape index (κ1) is 13.5. The van der Waals surface area contributed by atoms with Gasteiger partial charge in [-0.05, 0) is 0 Å². The highest BCUT2D eigenvalue weighted by Gasteiger charge is 1.99. The summed E-state index contributed by atoms with van der Waals surface area (Å²) in [6.45, 7) is 9.31. The third-order valence-corrected chi connectivity index (χ3v) is 0.246. The Balaban J connectivity index is 0. The van der Waals surface area contributed by atoms with Crippen LogP contribution >= 0.6 is 0 Å². The Kier molecular flexibility index (Phi) is 6.30. The van der Waals surface area contributed by atoms with Gasteiger partial charge in [-0.25, -0.2) is 9.59 Å². The Morgan fingerprint density at radius 2 is 1.17 bits per heavy atom. The Morgan fingerprint density at radius 1 is 1.00 bits per heavy atom. The molecule has 0 heterocycles. The molecule has 0 unspecified atom stereocenters. The second-order valence-corrected chi connectivity index (χ2v) is 9.85. The number of carbonyl (C=O) groups excluding carboxylic acids is 2. The lowest BCUT2D eigenvalue weighted by Crippen LogP contribution is -2.38. The number of nitrogens with one attached hydrogen (secondary N) is 1. The summed E-state index contributed by atoms with van der Waals surface area (Å²) in [5, 5.41) is 1.58. The maximum Gasteiger partial charge on any atom is 0.320 e. The fourth-order valence-electron chi connectivity index (χ4n) is 0.121. The van der Waals surface area contributed by atoms with Crippen LogP contribution in [0.5, 0.6) is 0 Å². The van der Waals surface area contributed by atoms with Gasteiger partial charge < -0.3 is 11.5 Å². The molecule has 5 nitrogen and oxygen atoms in total. The molecule has 0 aliphatic heterocycles. The molecule has 0 aliphatic carbocycles. The van der Waals surface area contributed by atoms with E-state index < -0.39 is 20.1 Å².